The average molecular weight is 364 g/mol. The number of rotatable bonds is 5. The number of nitrogens with one attached hydrogen (secondary N) is 2. The molecule has 27 heavy (non-hydrogen) atoms. The van der Waals surface area contributed by atoms with Crippen LogP contribution in [0.5, 0.6) is 0 Å². The number of hydrogen-bond donors (Lipinski definition) is 2. The molecule has 2 amide bonds. The van der Waals surface area contributed by atoms with E-state index in [-0.39, 0.29) is 11.8 Å². The highest BCUT2D eigenvalue weighted by Gasteiger charge is 2.30. The number of carbonyl (C=O) groups is 2. The van der Waals surface area contributed by atoms with Crippen molar-refractivity contribution in [1.29, 1.82) is 0 Å². The van der Waals surface area contributed by atoms with Gasteiger partial charge in [-0.15, -0.1) is 0 Å². The normalized spacial score (nSPS) is 14.7. The van der Waals surface area contributed by atoms with Crippen LogP contribution < -0.4 is 10.6 Å². The smallest absolute Gasteiger partial charge is 0.259 e. The Morgan fingerprint density at radius 2 is 1.96 bits per heavy atom. The molecule has 1 aromatic carbocycles. The molecule has 1 fully saturated rings. The van der Waals surface area contributed by atoms with Gasteiger partial charge < -0.3 is 15.2 Å². The lowest BCUT2D eigenvalue weighted by Gasteiger charge is -2.18. The molecule has 2 aromatic heterocycles. The number of aromatic nitrogens is 2. The van der Waals surface area contributed by atoms with Crippen molar-refractivity contribution in [3.63, 3.8) is 0 Å². The Labute approximate surface area is 156 Å². The second-order valence-corrected chi connectivity index (χ2v) is 6.75. The number of aryl methyl sites for hydroxylation is 1. The van der Waals surface area contributed by atoms with Crippen LogP contribution in [0.4, 0.5) is 0 Å². The van der Waals surface area contributed by atoms with Crippen LogP contribution in [0.25, 0.3) is 11.1 Å². The third-order valence-electron chi connectivity index (χ3n) is 4.79. The van der Waals surface area contributed by atoms with Crippen LogP contribution in [-0.2, 0) is 4.79 Å². The predicted molar refractivity (Wildman–Crippen MR) is 99.2 cm³/mol. The summed E-state index contributed by atoms with van der Waals surface area (Å²) in [6, 6.07) is 10.1. The zero-order valence-corrected chi connectivity index (χ0v) is 15.2. The first-order valence-electron chi connectivity index (χ1n) is 8.92. The fourth-order valence-electron chi connectivity index (χ4n) is 3.18. The molecule has 2 heterocycles. The molecule has 1 atom stereocenters. The number of benzene rings is 1. The van der Waals surface area contributed by atoms with Gasteiger partial charge in [0.1, 0.15) is 6.04 Å². The molecule has 1 aliphatic carbocycles. The highest BCUT2D eigenvalue weighted by Crippen LogP contribution is 2.40. The van der Waals surface area contributed by atoms with Gasteiger partial charge in [0, 0.05) is 18.7 Å². The first kappa shape index (κ1) is 17.2. The van der Waals surface area contributed by atoms with Gasteiger partial charge in [-0.3, -0.25) is 9.59 Å². The van der Waals surface area contributed by atoms with Crippen molar-refractivity contribution >= 4 is 22.9 Å². The molecule has 0 aliphatic heterocycles. The average Bonchev–Trinajstić information content (AvgIpc) is 3.49. The Morgan fingerprint density at radius 3 is 2.63 bits per heavy atom. The molecule has 1 aliphatic rings. The van der Waals surface area contributed by atoms with Crippen LogP contribution in [0.3, 0.4) is 0 Å². The summed E-state index contributed by atoms with van der Waals surface area (Å²) >= 11 is 0. The highest BCUT2D eigenvalue weighted by molar-refractivity contribution is 6.07. The second kappa shape index (κ2) is 6.83. The molecule has 7 nitrogen and oxygen atoms in total. The number of carbonyl (C=O) groups excluding carboxylic acids is 2. The third-order valence-corrected chi connectivity index (χ3v) is 4.79. The molecule has 138 valence electrons. The van der Waals surface area contributed by atoms with Gasteiger partial charge >= 0.3 is 0 Å². The Balaban J connectivity index is 1.73. The van der Waals surface area contributed by atoms with E-state index in [1.807, 2.05) is 30.3 Å². The van der Waals surface area contributed by atoms with Crippen LogP contribution in [0, 0.1) is 6.92 Å². The SMILES string of the molecule is CNC(=O)C(NC(=O)c1cc(C2CC2)nc2onc(C)c12)c1ccccc1. The summed E-state index contributed by atoms with van der Waals surface area (Å²) in [4.78, 5) is 30.0. The standard InChI is InChI=1S/C20H20N4O3/c1-11-16-14(10-15(12-8-9-12)22-20(16)27-24-11)18(25)23-17(19(26)21-2)13-6-4-3-5-7-13/h3-7,10,12,17H,8-9H2,1-2H3,(H,21,26)(H,23,25). The van der Waals surface area contributed by atoms with E-state index >= 15 is 0 Å². The third kappa shape index (κ3) is 3.28. The van der Waals surface area contributed by atoms with Crippen LogP contribution >= 0.6 is 0 Å². The zero-order chi connectivity index (χ0) is 19.0. The fourth-order valence-corrected chi connectivity index (χ4v) is 3.18. The summed E-state index contributed by atoms with van der Waals surface area (Å²) < 4.78 is 5.30. The molecule has 0 spiro atoms. The van der Waals surface area contributed by atoms with Crippen molar-refractivity contribution in [3.8, 4) is 0 Å². The lowest BCUT2D eigenvalue weighted by atomic mass is 10.0. The predicted octanol–water partition coefficient (Wildman–Crippen LogP) is 2.63. The van der Waals surface area contributed by atoms with Gasteiger partial charge in [0.2, 0.25) is 5.91 Å². The van der Waals surface area contributed by atoms with Gasteiger partial charge in [-0.2, -0.15) is 0 Å². The van der Waals surface area contributed by atoms with Gasteiger partial charge in [-0.1, -0.05) is 35.5 Å². The quantitative estimate of drug-likeness (QED) is 0.725. The van der Waals surface area contributed by atoms with Crippen molar-refractivity contribution in [1.82, 2.24) is 20.8 Å². The van der Waals surface area contributed by atoms with Crippen LogP contribution in [0.15, 0.2) is 40.9 Å². The Kier molecular flexibility index (Phi) is 4.35. The lowest BCUT2D eigenvalue weighted by Crippen LogP contribution is -2.39. The van der Waals surface area contributed by atoms with Crippen molar-refractivity contribution in [3.05, 3.63) is 58.9 Å². The fraction of sp³-hybridized carbons (Fsp3) is 0.300. The summed E-state index contributed by atoms with van der Waals surface area (Å²) in [5, 5.41) is 9.99. The van der Waals surface area contributed by atoms with Gasteiger partial charge in [0.25, 0.3) is 11.6 Å². The van der Waals surface area contributed by atoms with Crippen molar-refractivity contribution in [2.24, 2.45) is 0 Å². The van der Waals surface area contributed by atoms with Crippen LogP contribution in [0.2, 0.25) is 0 Å². The maximum Gasteiger partial charge on any atom is 0.259 e. The number of pyridine rings is 1. The van der Waals surface area contributed by atoms with E-state index in [9.17, 15) is 9.59 Å². The van der Waals surface area contributed by atoms with Crippen molar-refractivity contribution in [2.75, 3.05) is 7.05 Å². The van der Waals surface area contributed by atoms with Crippen LogP contribution in [-0.4, -0.2) is 29.0 Å². The first-order valence-corrected chi connectivity index (χ1v) is 8.92. The Bertz CT molecular complexity index is 1010. The lowest BCUT2D eigenvalue weighted by molar-refractivity contribution is -0.122. The number of fused-ring (bicyclic) bond motifs is 1. The minimum absolute atomic E-state index is 0.288. The molecule has 0 radical (unpaired) electrons. The molecule has 3 aromatic rings. The maximum atomic E-state index is 13.1. The highest BCUT2D eigenvalue weighted by atomic mass is 16.5. The molecule has 1 saturated carbocycles. The zero-order valence-electron chi connectivity index (χ0n) is 15.2. The summed E-state index contributed by atoms with van der Waals surface area (Å²) in [5.41, 5.74) is 2.94. The number of nitrogens with zero attached hydrogens (tertiary/aromatic N) is 2. The summed E-state index contributed by atoms with van der Waals surface area (Å²) in [6.07, 6.45) is 2.11. The van der Waals surface area contributed by atoms with E-state index in [0.29, 0.717) is 33.8 Å². The van der Waals surface area contributed by atoms with E-state index in [1.54, 1.807) is 20.0 Å². The monoisotopic (exact) mass is 364 g/mol. The largest absolute Gasteiger partial charge is 0.357 e. The van der Waals surface area contributed by atoms with Gasteiger partial charge in [0.15, 0.2) is 0 Å². The minimum atomic E-state index is -0.795. The first-order chi connectivity index (χ1) is 13.1. The second-order valence-electron chi connectivity index (χ2n) is 6.75. The van der Waals surface area contributed by atoms with Crippen molar-refractivity contribution in [2.45, 2.75) is 31.7 Å². The molecule has 0 saturated heterocycles. The number of hydrogen-bond acceptors (Lipinski definition) is 5. The minimum Gasteiger partial charge on any atom is -0.357 e. The van der Waals surface area contributed by atoms with E-state index < -0.39 is 6.04 Å². The maximum absolute atomic E-state index is 13.1. The van der Waals surface area contributed by atoms with E-state index in [4.69, 9.17) is 4.52 Å². The van der Waals surface area contributed by atoms with Gasteiger partial charge in [-0.05, 0) is 31.4 Å². The molecular weight excluding hydrogens is 344 g/mol. The molecule has 4 rings (SSSR count). The van der Waals surface area contributed by atoms with Crippen molar-refractivity contribution < 1.29 is 14.1 Å². The number of likely N-dealkylation sites (N-methyl/N-ethyl adjacent to an activating group) is 1. The molecule has 7 heteroatoms. The molecule has 1 unspecified atom stereocenters. The summed E-state index contributed by atoms with van der Waals surface area (Å²) in [5.74, 6) is -0.285. The number of amides is 2. The van der Waals surface area contributed by atoms with E-state index in [2.05, 4.69) is 20.8 Å². The molecule has 2 N–H and O–H groups in total. The summed E-state index contributed by atoms with van der Waals surface area (Å²) in [7, 11) is 1.55. The topological polar surface area (TPSA) is 97.1 Å². The molecular formula is C20H20N4O3. The van der Waals surface area contributed by atoms with Gasteiger partial charge in [-0.25, -0.2) is 4.98 Å². The van der Waals surface area contributed by atoms with E-state index in [0.717, 1.165) is 18.5 Å². The van der Waals surface area contributed by atoms with E-state index in [1.165, 1.54) is 0 Å². The summed E-state index contributed by atoms with van der Waals surface area (Å²) in [6.45, 7) is 1.77. The molecule has 0 bridgehead atoms. The van der Waals surface area contributed by atoms with Gasteiger partial charge in [0.05, 0.1) is 16.6 Å². The Hall–Kier alpha value is -3.22. The van der Waals surface area contributed by atoms with Crippen LogP contribution in [0.1, 0.15) is 52.1 Å². The Morgan fingerprint density at radius 1 is 1.22 bits per heavy atom.